The molecule has 1 atom stereocenters. The van der Waals surface area contributed by atoms with Crippen LogP contribution < -0.4 is 4.72 Å². The summed E-state index contributed by atoms with van der Waals surface area (Å²) in [4.78, 5) is 0.273. The number of nitrogens with one attached hydrogen (secondary N) is 1. The van der Waals surface area contributed by atoms with Crippen LogP contribution in [0.3, 0.4) is 0 Å². The van der Waals surface area contributed by atoms with E-state index in [2.05, 4.69) is 4.72 Å². The van der Waals surface area contributed by atoms with E-state index in [-0.39, 0.29) is 16.8 Å². The topological polar surface area (TPSA) is 46.2 Å². The molecule has 0 amide bonds. The third kappa shape index (κ3) is 4.12. The molecule has 0 aromatic heterocycles. The standard InChI is InChI=1S/C11H16ClNO2S/c1-2-6-10(12)9-13-16(14,15)11-7-4-3-5-8-11/h3-5,7-8,10,13H,2,6,9H2,1H3. The van der Waals surface area contributed by atoms with E-state index in [4.69, 9.17) is 11.6 Å². The Balaban J connectivity index is 2.60. The normalized spacial score (nSPS) is 13.6. The molecule has 1 N–H and O–H groups in total. The Morgan fingerprint density at radius 1 is 1.31 bits per heavy atom. The minimum absolute atomic E-state index is 0.150. The van der Waals surface area contributed by atoms with Crippen molar-refractivity contribution in [3.05, 3.63) is 30.3 Å². The summed E-state index contributed by atoms with van der Waals surface area (Å²) in [6.07, 6.45) is 1.75. The minimum Gasteiger partial charge on any atom is -0.210 e. The van der Waals surface area contributed by atoms with Crippen LogP contribution in [-0.2, 0) is 10.0 Å². The molecule has 1 aromatic rings. The second-order valence-corrected chi connectivity index (χ2v) is 5.94. The van der Waals surface area contributed by atoms with Gasteiger partial charge in [-0.15, -0.1) is 11.6 Å². The molecule has 0 aliphatic rings. The van der Waals surface area contributed by atoms with Crippen LogP contribution in [0.5, 0.6) is 0 Å². The van der Waals surface area contributed by atoms with Crippen molar-refractivity contribution in [1.82, 2.24) is 4.72 Å². The van der Waals surface area contributed by atoms with Gasteiger partial charge in [-0.25, -0.2) is 13.1 Å². The van der Waals surface area contributed by atoms with Gasteiger partial charge in [0.1, 0.15) is 0 Å². The predicted molar refractivity (Wildman–Crippen MR) is 66.2 cm³/mol. The Kier molecular flexibility index (Phi) is 5.25. The van der Waals surface area contributed by atoms with Crippen LogP contribution in [0.1, 0.15) is 19.8 Å². The molecule has 0 spiro atoms. The van der Waals surface area contributed by atoms with E-state index in [1.165, 1.54) is 0 Å². The summed E-state index contributed by atoms with van der Waals surface area (Å²) in [6.45, 7) is 2.29. The van der Waals surface area contributed by atoms with Crippen LogP contribution in [0.4, 0.5) is 0 Å². The van der Waals surface area contributed by atoms with Gasteiger partial charge in [-0.3, -0.25) is 0 Å². The monoisotopic (exact) mass is 261 g/mol. The average molecular weight is 262 g/mol. The SMILES string of the molecule is CCCC(Cl)CNS(=O)(=O)c1ccccc1. The summed E-state index contributed by atoms with van der Waals surface area (Å²) in [6, 6.07) is 8.29. The lowest BCUT2D eigenvalue weighted by Gasteiger charge is -2.10. The fraction of sp³-hybridized carbons (Fsp3) is 0.455. The van der Waals surface area contributed by atoms with Crippen LogP contribution >= 0.6 is 11.6 Å². The first-order chi connectivity index (χ1) is 7.56. The molecule has 0 aliphatic heterocycles. The van der Waals surface area contributed by atoms with E-state index in [0.29, 0.717) is 0 Å². The maximum atomic E-state index is 11.8. The van der Waals surface area contributed by atoms with Crippen molar-refractivity contribution < 1.29 is 8.42 Å². The fourth-order valence-electron chi connectivity index (χ4n) is 1.30. The summed E-state index contributed by atoms with van der Waals surface area (Å²) < 4.78 is 26.0. The van der Waals surface area contributed by atoms with Crippen molar-refractivity contribution in [3.8, 4) is 0 Å². The zero-order valence-corrected chi connectivity index (χ0v) is 10.8. The Labute approximate surface area is 102 Å². The number of hydrogen-bond acceptors (Lipinski definition) is 2. The lowest BCUT2D eigenvalue weighted by atomic mass is 10.2. The highest BCUT2D eigenvalue weighted by atomic mass is 35.5. The summed E-state index contributed by atoms with van der Waals surface area (Å²) >= 11 is 5.95. The first kappa shape index (κ1) is 13.5. The first-order valence-electron chi connectivity index (χ1n) is 5.25. The molecule has 1 unspecified atom stereocenters. The molecular formula is C11H16ClNO2S. The predicted octanol–water partition coefficient (Wildman–Crippen LogP) is 2.37. The third-order valence-electron chi connectivity index (χ3n) is 2.15. The number of alkyl halides is 1. The van der Waals surface area contributed by atoms with Gasteiger partial charge < -0.3 is 0 Å². The Hall–Kier alpha value is -0.580. The quantitative estimate of drug-likeness (QED) is 0.799. The van der Waals surface area contributed by atoms with Crippen molar-refractivity contribution in [1.29, 1.82) is 0 Å². The maximum absolute atomic E-state index is 11.8. The van der Waals surface area contributed by atoms with Gasteiger partial charge in [0.15, 0.2) is 0 Å². The molecular weight excluding hydrogens is 246 g/mol. The Morgan fingerprint density at radius 3 is 2.50 bits per heavy atom. The summed E-state index contributed by atoms with van der Waals surface area (Å²) in [5, 5.41) is -0.150. The number of benzene rings is 1. The molecule has 0 radical (unpaired) electrons. The van der Waals surface area contributed by atoms with Gasteiger partial charge in [0.25, 0.3) is 0 Å². The highest BCUT2D eigenvalue weighted by Gasteiger charge is 2.14. The van der Waals surface area contributed by atoms with E-state index < -0.39 is 10.0 Å². The molecule has 16 heavy (non-hydrogen) atoms. The van der Waals surface area contributed by atoms with Crippen LogP contribution in [0.15, 0.2) is 35.2 Å². The molecule has 0 bridgehead atoms. The van der Waals surface area contributed by atoms with Crippen molar-refractivity contribution in [2.75, 3.05) is 6.54 Å². The van der Waals surface area contributed by atoms with Gasteiger partial charge in [0, 0.05) is 11.9 Å². The van der Waals surface area contributed by atoms with E-state index in [9.17, 15) is 8.42 Å². The van der Waals surface area contributed by atoms with Crippen molar-refractivity contribution in [2.45, 2.75) is 30.0 Å². The van der Waals surface area contributed by atoms with E-state index >= 15 is 0 Å². The van der Waals surface area contributed by atoms with Crippen LogP contribution in [0.2, 0.25) is 0 Å². The molecule has 90 valence electrons. The van der Waals surface area contributed by atoms with Gasteiger partial charge in [0.05, 0.1) is 4.90 Å². The molecule has 0 saturated heterocycles. The molecule has 0 aliphatic carbocycles. The van der Waals surface area contributed by atoms with Gasteiger partial charge in [-0.05, 0) is 18.6 Å². The highest BCUT2D eigenvalue weighted by Crippen LogP contribution is 2.09. The number of rotatable bonds is 6. The Bertz CT molecular complexity index is 405. The third-order valence-corrected chi connectivity index (χ3v) is 3.96. The maximum Gasteiger partial charge on any atom is 0.240 e. The molecule has 0 heterocycles. The fourth-order valence-corrected chi connectivity index (χ4v) is 2.79. The van der Waals surface area contributed by atoms with Gasteiger partial charge in [0.2, 0.25) is 10.0 Å². The van der Waals surface area contributed by atoms with Crippen molar-refractivity contribution >= 4 is 21.6 Å². The highest BCUT2D eigenvalue weighted by molar-refractivity contribution is 7.89. The molecule has 0 saturated carbocycles. The number of halogens is 1. The summed E-state index contributed by atoms with van der Waals surface area (Å²) in [5.41, 5.74) is 0. The Morgan fingerprint density at radius 2 is 1.94 bits per heavy atom. The molecule has 1 aromatic carbocycles. The van der Waals surface area contributed by atoms with Crippen LogP contribution in [0.25, 0.3) is 0 Å². The molecule has 1 rings (SSSR count). The van der Waals surface area contributed by atoms with E-state index in [1.807, 2.05) is 6.92 Å². The van der Waals surface area contributed by atoms with Gasteiger partial charge >= 0.3 is 0 Å². The molecule has 5 heteroatoms. The summed E-state index contributed by atoms with van der Waals surface area (Å²) in [7, 11) is -3.41. The summed E-state index contributed by atoms with van der Waals surface area (Å²) in [5.74, 6) is 0. The first-order valence-corrected chi connectivity index (χ1v) is 7.17. The minimum atomic E-state index is -3.41. The largest absolute Gasteiger partial charge is 0.240 e. The van der Waals surface area contributed by atoms with Crippen LogP contribution in [0, 0.1) is 0 Å². The smallest absolute Gasteiger partial charge is 0.210 e. The zero-order valence-electron chi connectivity index (χ0n) is 9.19. The number of sulfonamides is 1. The van der Waals surface area contributed by atoms with Crippen LogP contribution in [-0.4, -0.2) is 20.3 Å². The molecule has 3 nitrogen and oxygen atoms in total. The van der Waals surface area contributed by atoms with E-state index in [1.54, 1.807) is 30.3 Å². The second kappa shape index (κ2) is 6.23. The number of hydrogen-bond donors (Lipinski definition) is 1. The average Bonchev–Trinajstić information content (AvgIpc) is 2.28. The lowest BCUT2D eigenvalue weighted by Crippen LogP contribution is -2.29. The van der Waals surface area contributed by atoms with Crippen molar-refractivity contribution in [2.24, 2.45) is 0 Å². The van der Waals surface area contributed by atoms with E-state index in [0.717, 1.165) is 12.8 Å². The zero-order chi connectivity index (χ0) is 12.0. The molecule has 0 fully saturated rings. The van der Waals surface area contributed by atoms with Crippen molar-refractivity contribution in [3.63, 3.8) is 0 Å². The van der Waals surface area contributed by atoms with Gasteiger partial charge in [-0.1, -0.05) is 31.5 Å². The lowest BCUT2D eigenvalue weighted by molar-refractivity contribution is 0.577. The van der Waals surface area contributed by atoms with Gasteiger partial charge in [-0.2, -0.15) is 0 Å². The second-order valence-electron chi connectivity index (χ2n) is 3.55.